The van der Waals surface area contributed by atoms with Crippen molar-refractivity contribution in [2.24, 2.45) is 5.92 Å². The summed E-state index contributed by atoms with van der Waals surface area (Å²) in [5, 5.41) is 5.43. The molecule has 0 saturated carbocycles. The molecule has 0 spiro atoms. The third kappa shape index (κ3) is 7.08. The van der Waals surface area contributed by atoms with Gasteiger partial charge in [-0.15, -0.1) is 0 Å². The minimum absolute atomic E-state index is 0.00408. The minimum atomic E-state index is -4.03. The molecule has 36 heavy (non-hydrogen) atoms. The van der Waals surface area contributed by atoms with Crippen LogP contribution in [0.15, 0.2) is 18.2 Å². The standard InChI is InChI=1S/C23H34N4O8S/c1-3-34-23(30)17-6-4-11-26(15-17)36(31,32)27-12-5-9-25-22(29)19-8-7-18(33-2)14-20(19)35-13-10-24-21(28)16-27/h7-8,14,17H,3-6,9-13,15-16H2,1-2H3,(H,24,28)(H,25,29). The smallest absolute Gasteiger partial charge is 0.310 e. The number of nitrogens with one attached hydrogen (secondary N) is 2. The van der Waals surface area contributed by atoms with Crippen LogP contribution >= 0.6 is 0 Å². The van der Waals surface area contributed by atoms with Crippen molar-refractivity contribution in [1.82, 2.24) is 19.2 Å². The molecule has 0 aliphatic carbocycles. The first-order chi connectivity index (χ1) is 17.3. The molecule has 0 aromatic heterocycles. The van der Waals surface area contributed by atoms with Crippen molar-refractivity contribution in [3.63, 3.8) is 0 Å². The number of amides is 2. The average molecular weight is 527 g/mol. The molecule has 1 unspecified atom stereocenters. The van der Waals surface area contributed by atoms with E-state index in [2.05, 4.69) is 10.6 Å². The maximum absolute atomic E-state index is 13.4. The summed E-state index contributed by atoms with van der Waals surface area (Å²) in [5.74, 6) is -0.961. The van der Waals surface area contributed by atoms with Gasteiger partial charge in [0.05, 0.1) is 38.3 Å². The fourth-order valence-corrected chi connectivity index (χ4v) is 5.80. The number of esters is 1. The zero-order chi connectivity index (χ0) is 26.1. The van der Waals surface area contributed by atoms with Crippen molar-refractivity contribution in [3.8, 4) is 11.5 Å². The molecule has 1 aromatic rings. The maximum Gasteiger partial charge on any atom is 0.310 e. The van der Waals surface area contributed by atoms with E-state index in [-0.39, 0.29) is 64.8 Å². The van der Waals surface area contributed by atoms with Crippen molar-refractivity contribution >= 4 is 28.0 Å². The van der Waals surface area contributed by atoms with Gasteiger partial charge in [0.2, 0.25) is 5.91 Å². The normalized spacial score (nSPS) is 21.2. The lowest BCUT2D eigenvalue weighted by Gasteiger charge is -2.34. The van der Waals surface area contributed by atoms with Gasteiger partial charge in [-0.05, 0) is 38.3 Å². The number of piperidine rings is 1. The Morgan fingerprint density at radius 3 is 2.67 bits per heavy atom. The highest BCUT2D eigenvalue weighted by Crippen LogP contribution is 2.25. The van der Waals surface area contributed by atoms with E-state index in [1.165, 1.54) is 11.4 Å². The number of fused-ring (bicyclic) bond motifs is 1. The van der Waals surface area contributed by atoms with Gasteiger partial charge in [0.1, 0.15) is 18.1 Å². The summed E-state index contributed by atoms with van der Waals surface area (Å²) < 4.78 is 45.2. The summed E-state index contributed by atoms with van der Waals surface area (Å²) in [6, 6.07) is 4.82. The first kappa shape index (κ1) is 27.7. The third-order valence-electron chi connectivity index (χ3n) is 5.96. The highest BCUT2D eigenvalue weighted by atomic mass is 32.2. The number of benzene rings is 1. The van der Waals surface area contributed by atoms with Gasteiger partial charge >= 0.3 is 5.97 Å². The topological polar surface area (TPSA) is 144 Å². The predicted molar refractivity (Wildman–Crippen MR) is 130 cm³/mol. The molecule has 2 heterocycles. The molecule has 1 saturated heterocycles. The van der Waals surface area contributed by atoms with Crippen LogP contribution < -0.4 is 20.1 Å². The van der Waals surface area contributed by atoms with Gasteiger partial charge in [-0.25, -0.2) is 0 Å². The van der Waals surface area contributed by atoms with Gasteiger partial charge in [0.25, 0.3) is 16.1 Å². The molecule has 2 aliphatic heterocycles. The van der Waals surface area contributed by atoms with Gasteiger partial charge < -0.3 is 24.8 Å². The molecule has 200 valence electrons. The monoisotopic (exact) mass is 526 g/mol. The molecular formula is C23H34N4O8S. The second-order valence-electron chi connectivity index (χ2n) is 8.46. The Morgan fingerprint density at radius 1 is 1.14 bits per heavy atom. The largest absolute Gasteiger partial charge is 0.497 e. The van der Waals surface area contributed by atoms with Gasteiger partial charge in [-0.3, -0.25) is 14.4 Å². The van der Waals surface area contributed by atoms with Crippen LogP contribution in [0.2, 0.25) is 0 Å². The summed E-state index contributed by atoms with van der Waals surface area (Å²) in [6.45, 7) is 2.17. The number of carbonyl (C=O) groups is 3. The number of methoxy groups -OCH3 is 1. The fraction of sp³-hybridized carbons (Fsp3) is 0.609. The van der Waals surface area contributed by atoms with Crippen LogP contribution in [0.3, 0.4) is 0 Å². The number of carbonyl (C=O) groups excluding carboxylic acids is 3. The van der Waals surface area contributed by atoms with Crippen LogP contribution in [0, 0.1) is 5.92 Å². The van der Waals surface area contributed by atoms with Crippen molar-refractivity contribution in [2.45, 2.75) is 26.2 Å². The van der Waals surface area contributed by atoms with E-state index >= 15 is 0 Å². The van der Waals surface area contributed by atoms with Gasteiger partial charge in [-0.2, -0.15) is 17.0 Å². The molecule has 2 N–H and O–H groups in total. The second-order valence-corrected chi connectivity index (χ2v) is 10.4. The zero-order valence-electron chi connectivity index (χ0n) is 20.7. The summed E-state index contributed by atoms with van der Waals surface area (Å²) >= 11 is 0. The van der Waals surface area contributed by atoms with Crippen LogP contribution in [-0.4, -0.2) is 94.4 Å². The Kier molecular flexibility index (Phi) is 9.90. The van der Waals surface area contributed by atoms with Crippen LogP contribution in [0.4, 0.5) is 0 Å². The number of hydrogen-bond acceptors (Lipinski definition) is 8. The molecule has 2 amide bonds. The van der Waals surface area contributed by atoms with E-state index in [1.807, 2.05) is 0 Å². The molecule has 1 aromatic carbocycles. The molecular weight excluding hydrogens is 492 g/mol. The summed E-state index contributed by atoms with van der Waals surface area (Å²) in [6.07, 6.45) is 1.34. The predicted octanol–water partition coefficient (Wildman–Crippen LogP) is 0.146. The summed E-state index contributed by atoms with van der Waals surface area (Å²) in [7, 11) is -2.53. The molecule has 3 rings (SSSR count). The number of ether oxygens (including phenoxy) is 3. The lowest BCUT2D eigenvalue weighted by atomic mass is 10.0. The molecule has 0 bridgehead atoms. The minimum Gasteiger partial charge on any atom is -0.497 e. The van der Waals surface area contributed by atoms with E-state index in [4.69, 9.17) is 14.2 Å². The first-order valence-corrected chi connectivity index (χ1v) is 13.4. The van der Waals surface area contributed by atoms with Gasteiger partial charge in [0.15, 0.2) is 0 Å². The Balaban J connectivity index is 1.73. The molecule has 0 radical (unpaired) electrons. The van der Waals surface area contributed by atoms with E-state index in [0.29, 0.717) is 29.9 Å². The average Bonchev–Trinajstić information content (AvgIpc) is 2.87. The molecule has 12 nitrogen and oxygen atoms in total. The number of rotatable bonds is 5. The highest BCUT2D eigenvalue weighted by molar-refractivity contribution is 7.86. The van der Waals surface area contributed by atoms with Gasteiger partial charge in [0, 0.05) is 32.2 Å². The van der Waals surface area contributed by atoms with Crippen LogP contribution in [0.25, 0.3) is 0 Å². The summed E-state index contributed by atoms with van der Waals surface area (Å²) in [5.41, 5.74) is 0.307. The molecule has 1 atom stereocenters. The lowest BCUT2D eigenvalue weighted by Crippen LogP contribution is -2.52. The van der Waals surface area contributed by atoms with Crippen molar-refractivity contribution in [3.05, 3.63) is 23.8 Å². The fourth-order valence-electron chi connectivity index (χ4n) is 4.10. The Labute approximate surface area is 211 Å². The maximum atomic E-state index is 13.4. The Morgan fingerprint density at radius 2 is 1.92 bits per heavy atom. The number of hydrogen-bond donors (Lipinski definition) is 2. The van der Waals surface area contributed by atoms with Crippen molar-refractivity contribution < 1.29 is 37.0 Å². The third-order valence-corrected chi connectivity index (χ3v) is 7.91. The van der Waals surface area contributed by atoms with Crippen LogP contribution in [0.5, 0.6) is 11.5 Å². The van der Waals surface area contributed by atoms with E-state index in [9.17, 15) is 22.8 Å². The van der Waals surface area contributed by atoms with E-state index in [0.717, 1.165) is 4.31 Å². The van der Waals surface area contributed by atoms with Crippen LogP contribution in [-0.2, 0) is 24.5 Å². The number of nitrogens with zero attached hydrogens (tertiary/aromatic N) is 2. The second kappa shape index (κ2) is 12.9. The first-order valence-electron chi connectivity index (χ1n) is 12.0. The van der Waals surface area contributed by atoms with E-state index < -0.39 is 28.0 Å². The highest BCUT2D eigenvalue weighted by Gasteiger charge is 2.37. The summed E-state index contributed by atoms with van der Waals surface area (Å²) in [4.78, 5) is 37.5. The van der Waals surface area contributed by atoms with Gasteiger partial charge in [-0.1, -0.05) is 0 Å². The van der Waals surface area contributed by atoms with E-state index in [1.54, 1.807) is 25.1 Å². The molecule has 1 fully saturated rings. The van der Waals surface area contributed by atoms with Crippen molar-refractivity contribution in [1.29, 1.82) is 0 Å². The lowest BCUT2D eigenvalue weighted by molar-refractivity contribution is -0.149. The van der Waals surface area contributed by atoms with Crippen LogP contribution in [0.1, 0.15) is 36.5 Å². The molecule has 13 heteroatoms. The van der Waals surface area contributed by atoms with Crippen molar-refractivity contribution in [2.75, 3.05) is 59.6 Å². The quantitative estimate of drug-likeness (QED) is 0.516. The Hall–Kier alpha value is -2.90. The zero-order valence-corrected chi connectivity index (χ0v) is 21.5. The SMILES string of the molecule is CCOC(=O)C1CCCN(S(=O)(=O)N2CCCNC(=O)c3ccc(OC)cc3OCCNC(=O)C2)C1. The Bertz CT molecular complexity index is 1050. The molecule has 2 aliphatic rings.